The van der Waals surface area contributed by atoms with Crippen molar-refractivity contribution in [1.29, 1.82) is 0 Å². The zero-order valence-electron chi connectivity index (χ0n) is 19.4. The van der Waals surface area contributed by atoms with Gasteiger partial charge >= 0.3 is 0 Å². The SMILES string of the molecule is Cc1ccc(-n2c(=O)c3ccccc3n3c(SCC(=O)Nc4ccc(C)c(F)c4)nnc23)c(C)c1. The molecule has 0 aliphatic rings. The Balaban J connectivity index is 1.55. The summed E-state index contributed by atoms with van der Waals surface area (Å²) >= 11 is 1.19. The van der Waals surface area contributed by atoms with E-state index >= 15 is 0 Å². The second-order valence-corrected chi connectivity index (χ2v) is 9.31. The van der Waals surface area contributed by atoms with Crippen molar-refractivity contribution in [2.24, 2.45) is 0 Å². The molecule has 0 bridgehead atoms. The van der Waals surface area contributed by atoms with E-state index in [1.807, 2.05) is 50.2 Å². The van der Waals surface area contributed by atoms with E-state index in [4.69, 9.17) is 0 Å². The maximum absolute atomic E-state index is 13.8. The van der Waals surface area contributed by atoms with Gasteiger partial charge in [-0.1, -0.05) is 47.7 Å². The van der Waals surface area contributed by atoms with Crippen LogP contribution in [0.2, 0.25) is 0 Å². The van der Waals surface area contributed by atoms with E-state index in [0.29, 0.717) is 33.1 Å². The molecule has 176 valence electrons. The summed E-state index contributed by atoms with van der Waals surface area (Å²) in [5.74, 6) is -0.284. The number of thioether (sulfide) groups is 1. The molecule has 1 N–H and O–H groups in total. The molecule has 9 heteroatoms. The van der Waals surface area contributed by atoms with Crippen LogP contribution in [0.15, 0.2) is 70.6 Å². The summed E-state index contributed by atoms with van der Waals surface area (Å²) in [5.41, 5.74) is 4.11. The number of hydrogen-bond donors (Lipinski definition) is 1. The molecule has 0 aliphatic heterocycles. The van der Waals surface area contributed by atoms with Gasteiger partial charge in [-0.25, -0.2) is 8.96 Å². The van der Waals surface area contributed by atoms with E-state index in [1.54, 1.807) is 34.1 Å². The number of nitrogens with zero attached hydrogens (tertiary/aromatic N) is 4. The second-order valence-electron chi connectivity index (χ2n) is 8.37. The Bertz CT molecular complexity index is 1670. The first kappa shape index (κ1) is 22.8. The standard InChI is InChI=1S/C26H22FN5O2S/c1-15-8-11-21(17(3)12-15)31-24(34)19-6-4-5-7-22(19)32-25(31)29-30-26(32)35-14-23(33)28-18-10-9-16(2)20(27)13-18/h4-13H,14H2,1-3H3,(H,28,33). The van der Waals surface area contributed by atoms with Crippen LogP contribution >= 0.6 is 11.8 Å². The average Bonchev–Trinajstić information content (AvgIpc) is 3.25. The molecule has 0 unspecified atom stereocenters. The molecule has 3 aromatic carbocycles. The first-order chi connectivity index (χ1) is 16.8. The lowest BCUT2D eigenvalue weighted by molar-refractivity contribution is -0.113. The quantitative estimate of drug-likeness (QED) is 0.359. The molecular weight excluding hydrogens is 465 g/mol. The van der Waals surface area contributed by atoms with E-state index in [0.717, 1.165) is 16.8 Å². The third-order valence-corrected chi connectivity index (χ3v) is 6.70. The molecule has 5 aromatic rings. The molecule has 35 heavy (non-hydrogen) atoms. The fraction of sp³-hybridized carbons (Fsp3) is 0.154. The van der Waals surface area contributed by atoms with Gasteiger partial charge < -0.3 is 5.32 Å². The molecule has 2 aromatic heterocycles. The van der Waals surface area contributed by atoms with E-state index in [9.17, 15) is 14.0 Å². The molecule has 0 spiro atoms. The molecule has 1 amide bonds. The highest BCUT2D eigenvalue weighted by molar-refractivity contribution is 7.99. The van der Waals surface area contributed by atoms with Crippen LogP contribution < -0.4 is 10.9 Å². The van der Waals surface area contributed by atoms with Crippen molar-refractivity contribution in [3.63, 3.8) is 0 Å². The van der Waals surface area contributed by atoms with Crippen molar-refractivity contribution in [3.05, 3.63) is 93.5 Å². The van der Waals surface area contributed by atoms with Crippen LogP contribution in [0.25, 0.3) is 22.4 Å². The second kappa shape index (κ2) is 8.99. The number of hydrogen-bond acceptors (Lipinski definition) is 5. The maximum atomic E-state index is 13.8. The largest absolute Gasteiger partial charge is 0.325 e. The van der Waals surface area contributed by atoms with Crippen molar-refractivity contribution < 1.29 is 9.18 Å². The summed E-state index contributed by atoms with van der Waals surface area (Å²) in [6.07, 6.45) is 0. The highest BCUT2D eigenvalue weighted by Gasteiger charge is 2.19. The van der Waals surface area contributed by atoms with Gasteiger partial charge in [-0.15, -0.1) is 10.2 Å². The lowest BCUT2D eigenvalue weighted by Gasteiger charge is -2.13. The zero-order valence-corrected chi connectivity index (χ0v) is 20.2. The lowest BCUT2D eigenvalue weighted by Crippen LogP contribution is -2.22. The average molecular weight is 488 g/mol. The number of aryl methyl sites for hydroxylation is 3. The Morgan fingerprint density at radius 2 is 1.80 bits per heavy atom. The number of halogens is 1. The summed E-state index contributed by atoms with van der Waals surface area (Å²) in [5, 5.41) is 12.3. The van der Waals surface area contributed by atoms with Gasteiger partial charge in [0, 0.05) is 5.69 Å². The van der Waals surface area contributed by atoms with Crippen LogP contribution in [0.4, 0.5) is 10.1 Å². The van der Waals surface area contributed by atoms with Crippen molar-refractivity contribution in [2.45, 2.75) is 25.9 Å². The Morgan fingerprint density at radius 3 is 2.57 bits per heavy atom. The molecule has 0 fully saturated rings. The molecule has 0 saturated heterocycles. The van der Waals surface area contributed by atoms with Crippen molar-refractivity contribution in [1.82, 2.24) is 19.2 Å². The van der Waals surface area contributed by atoms with Crippen LogP contribution in [-0.2, 0) is 4.79 Å². The number of para-hydroxylation sites is 1. The number of anilines is 1. The van der Waals surface area contributed by atoms with Crippen LogP contribution in [0, 0.1) is 26.6 Å². The first-order valence-corrected chi connectivity index (χ1v) is 12.0. The molecule has 2 heterocycles. The summed E-state index contributed by atoms with van der Waals surface area (Å²) < 4.78 is 17.2. The normalized spacial score (nSPS) is 11.3. The number of carbonyl (C=O) groups excluding carboxylic acids is 1. The Hall–Kier alpha value is -3.98. The van der Waals surface area contributed by atoms with Crippen molar-refractivity contribution >= 4 is 40.0 Å². The third kappa shape index (κ3) is 4.19. The minimum Gasteiger partial charge on any atom is -0.325 e. The lowest BCUT2D eigenvalue weighted by atomic mass is 10.1. The molecular formula is C26H22FN5O2S. The predicted molar refractivity (Wildman–Crippen MR) is 136 cm³/mol. The number of nitrogens with one attached hydrogen (secondary N) is 1. The van der Waals surface area contributed by atoms with Gasteiger partial charge in [0.05, 0.1) is 22.3 Å². The summed E-state index contributed by atoms with van der Waals surface area (Å²) in [7, 11) is 0. The van der Waals surface area contributed by atoms with Gasteiger partial charge in [0.15, 0.2) is 5.16 Å². The smallest absolute Gasteiger partial charge is 0.267 e. The summed E-state index contributed by atoms with van der Waals surface area (Å²) in [6, 6.07) is 17.7. The van der Waals surface area contributed by atoms with Crippen LogP contribution in [-0.4, -0.2) is 30.8 Å². The number of carbonyl (C=O) groups is 1. The predicted octanol–water partition coefficient (Wildman–Crippen LogP) is 4.83. The van der Waals surface area contributed by atoms with Crippen LogP contribution in [0.5, 0.6) is 0 Å². The van der Waals surface area contributed by atoms with Gasteiger partial charge in [-0.05, 0) is 62.2 Å². The number of aromatic nitrogens is 4. The van der Waals surface area contributed by atoms with E-state index in [-0.39, 0.29) is 23.0 Å². The highest BCUT2D eigenvalue weighted by Crippen LogP contribution is 2.25. The van der Waals surface area contributed by atoms with Crippen LogP contribution in [0.3, 0.4) is 0 Å². The number of fused-ring (bicyclic) bond motifs is 3. The number of amides is 1. The van der Waals surface area contributed by atoms with E-state index in [1.165, 1.54) is 17.8 Å². The van der Waals surface area contributed by atoms with E-state index < -0.39 is 0 Å². The van der Waals surface area contributed by atoms with E-state index in [2.05, 4.69) is 15.5 Å². The molecule has 0 atom stereocenters. The minimum absolute atomic E-state index is 0.0350. The zero-order chi connectivity index (χ0) is 24.7. The molecule has 0 saturated carbocycles. The molecule has 0 radical (unpaired) electrons. The fourth-order valence-corrected chi connectivity index (χ4v) is 4.78. The monoisotopic (exact) mass is 487 g/mol. The third-order valence-electron chi connectivity index (χ3n) is 5.78. The van der Waals surface area contributed by atoms with Crippen molar-refractivity contribution in [3.8, 4) is 5.69 Å². The van der Waals surface area contributed by atoms with Crippen LogP contribution in [0.1, 0.15) is 16.7 Å². The Kier molecular flexibility index (Phi) is 5.86. The summed E-state index contributed by atoms with van der Waals surface area (Å²) in [4.78, 5) is 26.0. The molecule has 0 aliphatic carbocycles. The van der Waals surface area contributed by atoms with Gasteiger partial charge in [0.25, 0.3) is 5.56 Å². The molecule has 7 nitrogen and oxygen atoms in total. The van der Waals surface area contributed by atoms with Gasteiger partial charge in [0.2, 0.25) is 11.7 Å². The Labute approximate surface area is 204 Å². The van der Waals surface area contributed by atoms with Gasteiger partial charge in [0.1, 0.15) is 5.82 Å². The summed E-state index contributed by atoms with van der Waals surface area (Å²) in [6.45, 7) is 5.61. The maximum Gasteiger partial charge on any atom is 0.267 e. The number of rotatable bonds is 5. The number of benzene rings is 3. The van der Waals surface area contributed by atoms with Gasteiger partial charge in [-0.3, -0.25) is 14.0 Å². The Morgan fingerprint density at radius 1 is 1.00 bits per heavy atom. The first-order valence-electron chi connectivity index (χ1n) is 11.0. The topological polar surface area (TPSA) is 81.3 Å². The fourth-order valence-electron chi connectivity index (χ4n) is 4.04. The van der Waals surface area contributed by atoms with Crippen molar-refractivity contribution in [2.75, 3.05) is 11.1 Å². The molecule has 5 rings (SSSR count). The minimum atomic E-state index is -0.380. The highest BCUT2D eigenvalue weighted by atomic mass is 32.2. The van der Waals surface area contributed by atoms with Gasteiger partial charge in [-0.2, -0.15) is 0 Å².